The van der Waals surface area contributed by atoms with Gasteiger partial charge in [-0.15, -0.1) is 5.26 Å². The molecule has 0 aromatic rings. The maximum atomic E-state index is 11.9. The van der Waals surface area contributed by atoms with Gasteiger partial charge in [-0.05, 0) is 91.1 Å². The highest BCUT2D eigenvalue weighted by Crippen LogP contribution is 2.65. The van der Waals surface area contributed by atoms with Crippen LogP contribution in [0.25, 0.3) is 0 Å². The molecule has 0 N–H and O–H groups in total. The van der Waals surface area contributed by atoms with Crippen LogP contribution in [0.15, 0.2) is 23.3 Å². The molecule has 134 valence electrons. The number of allylic oxidation sites excluding steroid dienone is 3. The maximum Gasteiger partial charge on any atom is 0.349 e. The van der Waals surface area contributed by atoms with Gasteiger partial charge in [0.15, 0.2) is 0 Å². The van der Waals surface area contributed by atoms with Gasteiger partial charge in [-0.1, -0.05) is 26.8 Å². The number of rotatable bonds is 1. The summed E-state index contributed by atoms with van der Waals surface area (Å²) < 4.78 is 4.55. The zero-order valence-electron chi connectivity index (χ0n) is 15.7. The van der Waals surface area contributed by atoms with E-state index in [1.165, 1.54) is 37.5 Å². The summed E-state index contributed by atoms with van der Waals surface area (Å²) in [6.07, 6.45) is 14.3. The normalized spacial score (nSPS) is 45.2. The molecule has 0 aromatic heterocycles. The lowest BCUT2D eigenvalue weighted by molar-refractivity contribution is -0.133. The maximum absolute atomic E-state index is 11.9. The minimum absolute atomic E-state index is 0.187. The number of esters is 1. The summed E-state index contributed by atoms with van der Waals surface area (Å²) in [5, 5.41) is 8.60. The van der Waals surface area contributed by atoms with E-state index in [-0.39, 0.29) is 5.41 Å². The van der Waals surface area contributed by atoms with Crippen LogP contribution in [0.3, 0.4) is 0 Å². The van der Waals surface area contributed by atoms with Crippen LogP contribution in [0.2, 0.25) is 0 Å². The fourth-order valence-electron chi connectivity index (χ4n) is 6.86. The average molecular weight is 339 g/mol. The van der Waals surface area contributed by atoms with Crippen LogP contribution in [0.4, 0.5) is 0 Å². The first kappa shape index (κ1) is 16.9. The number of hydrogen-bond donors (Lipinski definition) is 0. The van der Waals surface area contributed by atoms with E-state index in [0.29, 0.717) is 11.0 Å². The van der Waals surface area contributed by atoms with Crippen LogP contribution >= 0.6 is 0 Å². The first-order chi connectivity index (χ1) is 11.9. The number of hydrogen-bond acceptors (Lipinski definition) is 3. The van der Waals surface area contributed by atoms with Crippen molar-refractivity contribution in [2.24, 2.45) is 34.5 Å². The third-order valence-electron chi connectivity index (χ3n) is 8.64. The number of fused-ring (bicyclic) bond motifs is 5. The van der Waals surface area contributed by atoms with Gasteiger partial charge in [-0.2, -0.15) is 0 Å². The molecule has 0 aromatic carbocycles. The molecular formula is C22H29NO2. The Morgan fingerprint density at radius 2 is 2.04 bits per heavy atom. The van der Waals surface area contributed by atoms with Gasteiger partial charge < -0.3 is 4.74 Å². The predicted molar refractivity (Wildman–Crippen MR) is 96.0 cm³/mol. The Labute approximate surface area is 151 Å². The average Bonchev–Trinajstić information content (AvgIpc) is 2.89. The van der Waals surface area contributed by atoms with E-state index in [0.717, 1.165) is 42.9 Å². The Morgan fingerprint density at radius 1 is 1.24 bits per heavy atom. The van der Waals surface area contributed by atoms with E-state index in [9.17, 15) is 4.79 Å². The quantitative estimate of drug-likeness (QED) is 0.490. The van der Waals surface area contributed by atoms with Crippen LogP contribution in [-0.2, 0) is 9.53 Å². The van der Waals surface area contributed by atoms with Crippen LogP contribution in [0, 0.1) is 46.0 Å². The molecule has 3 nitrogen and oxygen atoms in total. The number of carbonyl (C=O) groups excluding carboxylic acids is 1. The summed E-state index contributed by atoms with van der Waals surface area (Å²) in [5.41, 5.74) is 2.71. The standard InChI is InChI=1S/C22H29NO2/c1-14-4-7-18-17-6-5-16-12-15(20(24)25-13-23)8-10-22(16,3)19(17)9-11-21(14,18)2/h5,12,14,17-19H,4,6-11H2,1-3H3/t14?,17-,18-,19-,21+,22-/m0/s1. The third kappa shape index (κ3) is 2.33. The summed E-state index contributed by atoms with van der Waals surface area (Å²) in [6, 6.07) is 0. The smallest absolute Gasteiger partial charge is 0.347 e. The van der Waals surface area contributed by atoms with Gasteiger partial charge in [0.05, 0.1) is 0 Å². The van der Waals surface area contributed by atoms with Gasteiger partial charge in [0.1, 0.15) is 0 Å². The zero-order chi connectivity index (χ0) is 17.8. The van der Waals surface area contributed by atoms with Gasteiger partial charge >= 0.3 is 5.97 Å². The van der Waals surface area contributed by atoms with E-state index < -0.39 is 5.97 Å². The Kier molecular flexibility index (Phi) is 3.87. The highest BCUT2D eigenvalue weighted by molar-refractivity contribution is 5.90. The highest BCUT2D eigenvalue weighted by Gasteiger charge is 2.57. The van der Waals surface area contributed by atoms with Crippen molar-refractivity contribution in [2.45, 2.75) is 65.7 Å². The lowest BCUT2D eigenvalue weighted by Crippen LogP contribution is -2.49. The molecule has 2 saturated carbocycles. The zero-order valence-corrected chi connectivity index (χ0v) is 15.7. The summed E-state index contributed by atoms with van der Waals surface area (Å²) in [5.74, 6) is 2.80. The van der Waals surface area contributed by atoms with Crippen molar-refractivity contribution in [1.82, 2.24) is 0 Å². The summed E-state index contributed by atoms with van der Waals surface area (Å²) in [7, 11) is 0. The number of nitriles is 1. The molecule has 4 aliphatic carbocycles. The SMILES string of the molecule is CC1CC[C@H]2[C@@H]3CC=C4C=C(C(=O)OC#N)CC[C@]4(C)[C@H]3CC[C@]12C. The number of carbonyl (C=O) groups is 1. The number of nitrogens with zero attached hydrogens (tertiary/aromatic N) is 1. The monoisotopic (exact) mass is 339 g/mol. The molecule has 0 aliphatic heterocycles. The third-order valence-corrected chi connectivity index (χ3v) is 8.64. The van der Waals surface area contributed by atoms with Crippen molar-refractivity contribution in [3.63, 3.8) is 0 Å². The van der Waals surface area contributed by atoms with Crippen molar-refractivity contribution >= 4 is 5.97 Å². The largest absolute Gasteiger partial charge is 0.349 e. The van der Waals surface area contributed by atoms with E-state index in [4.69, 9.17) is 5.26 Å². The molecule has 6 atom stereocenters. The molecule has 0 bridgehead atoms. The topological polar surface area (TPSA) is 50.1 Å². The molecule has 0 saturated heterocycles. The lowest BCUT2D eigenvalue weighted by atomic mass is 9.48. The van der Waals surface area contributed by atoms with E-state index in [1.54, 1.807) is 0 Å². The molecule has 25 heavy (non-hydrogen) atoms. The first-order valence-electron chi connectivity index (χ1n) is 9.91. The fraction of sp³-hybridized carbons (Fsp3) is 0.727. The van der Waals surface area contributed by atoms with Gasteiger partial charge in [-0.3, -0.25) is 0 Å². The first-order valence-corrected chi connectivity index (χ1v) is 9.91. The predicted octanol–water partition coefficient (Wildman–Crippen LogP) is 5.15. The van der Waals surface area contributed by atoms with Crippen molar-refractivity contribution in [3.8, 4) is 6.26 Å². The molecule has 0 amide bonds. The molecule has 0 radical (unpaired) electrons. The number of ether oxygens (including phenoxy) is 1. The minimum atomic E-state index is -0.464. The second-order valence-corrected chi connectivity index (χ2v) is 9.36. The van der Waals surface area contributed by atoms with Crippen LogP contribution in [0.5, 0.6) is 0 Å². The molecule has 0 spiro atoms. The summed E-state index contributed by atoms with van der Waals surface area (Å²) in [6.45, 7) is 7.42. The molecule has 2 fully saturated rings. The molecule has 3 heteroatoms. The molecule has 0 heterocycles. The van der Waals surface area contributed by atoms with E-state index in [1.807, 2.05) is 6.08 Å². The fourth-order valence-corrected chi connectivity index (χ4v) is 6.86. The van der Waals surface area contributed by atoms with E-state index >= 15 is 0 Å². The molecule has 1 unspecified atom stereocenters. The lowest BCUT2D eigenvalue weighted by Gasteiger charge is -2.57. The second-order valence-electron chi connectivity index (χ2n) is 9.36. The Hall–Kier alpha value is -1.56. The second kappa shape index (κ2) is 5.73. The summed E-state index contributed by atoms with van der Waals surface area (Å²) in [4.78, 5) is 11.9. The highest BCUT2D eigenvalue weighted by atomic mass is 16.5. The van der Waals surface area contributed by atoms with Crippen molar-refractivity contribution in [1.29, 1.82) is 5.26 Å². The molecule has 4 rings (SSSR count). The van der Waals surface area contributed by atoms with Crippen molar-refractivity contribution in [2.75, 3.05) is 0 Å². The molecular weight excluding hydrogens is 310 g/mol. The molecule has 4 aliphatic rings. The van der Waals surface area contributed by atoms with Gasteiger partial charge in [0.25, 0.3) is 6.26 Å². The minimum Gasteiger partial charge on any atom is -0.347 e. The van der Waals surface area contributed by atoms with Gasteiger partial charge in [-0.25, -0.2) is 4.79 Å². The van der Waals surface area contributed by atoms with Crippen LogP contribution in [0.1, 0.15) is 65.7 Å². The Balaban J connectivity index is 1.65. The Bertz CT molecular complexity index is 699. The van der Waals surface area contributed by atoms with Crippen molar-refractivity contribution in [3.05, 3.63) is 23.3 Å². The van der Waals surface area contributed by atoms with Crippen molar-refractivity contribution < 1.29 is 9.53 Å². The summed E-state index contributed by atoms with van der Waals surface area (Å²) >= 11 is 0. The van der Waals surface area contributed by atoms with Gasteiger partial charge in [0, 0.05) is 5.57 Å². The van der Waals surface area contributed by atoms with E-state index in [2.05, 4.69) is 31.6 Å². The van der Waals surface area contributed by atoms with Crippen LogP contribution in [-0.4, -0.2) is 5.97 Å². The van der Waals surface area contributed by atoms with Crippen LogP contribution < -0.4 is 0 Å². The Morgan fingerprint density at radius 3 is 2.80 bits per heavy atom. The van der Waals surface area contributed by atoms with Gasteiger partial charge in [0.2, 0.25) is 0 Å².